The summed E-state index contributed by atoms with van der Waals surface area (Å²) in [4.78, 5) is 21.1. The Hall–Kier alpha value is -1.36. The summed E-state index contributed by atoms with van der Waals surface area (Å²) >= 11 is 0. The number of esters is 1. The zero-order chi connectivity index (χ0) is 15.3. The van der Waals surface area contributed by atoms with Crippen molar-refractivity contribution in [2.45, 2.75) is 24.8 Å². The minimum atomic E-state index is -5.23. The van der Waals surface area contributed by atoms with Crippen LogP contribution in [0.4, 0.5) is 13.2 Å². The van der Waals surface area contributed by atoms with Crippen molar-refractivity contribution in [3.8, 4) is 0 Å². The Morgan fingerprint density at radius 3 is 2.26 bits per heavy atom. The van der Waals surface area contributed by atoms with Gasteiger partial charge in [-0.25, -0.2) is 13.1 Å². The van der Waals surface area contributed by atoms with E-state index in [0.29, 0.717) is 0 Å². The highest BCUT2D eigenvalue weighted by molar-refractivity contribution is 7.90. The number of carbonyl (C=O) groups excluding carboxylic acids is 1. The first kappa shape index (κ1) is 17.6. The van der Waals surface area contributed by atoms with Crippen molar-refractivity contribution in [1.82, 2.24) is 4.72 Å². The Morgan fingerprint density at radius 1 is 1.37 bits per heavy atom. The van der Waals surface area contributed by atoms with Crippen LogP contribution < -0.4 is 4.72 Å². The van der Waals surface area contributed by atoms with Crippen LogP contribution in [0.3, 0.4) is 0 Å². The molecule has 11 heteroatoms. The lowest BCUT2D eigenvalue weighted by Crippen LogP contribution is -2.46. The number of halogens is 3. The standard InChI is InChI=1S/C8H12F3NO6S/c1-2-18-7(15)3-5(8(9,10)11)19(16,17)12-4-6(13)14/h5,12H,2-4H2,1H3,(H,13,14). The summed E-state index contributed by atoms with van der Waals surface area (Å²) in [5.74, 6) is -2.99. The van der Waals surface area contributed by atoms with E-state index in [9.17, 15) is 31.2 Å². The van der Waals surface area contributed by atoms with E-state index in [1.54, 1.807) is 0 Å². The molecule has 0 aromatic heterocycles. The Bertz CT molecular complexity index is 432. The normalized spacial score (nSPS) is 13.9. The summed E-state index contributed by atoms with van der Waals surface area (Å²) in [5, 5.41) is 5.17. The lowest BCUT2D eigenvalue weighted by Gasteiger charge is -2.19. The topological polar surface area (TPSA) is 110 Å². The number of ether oxygens (including phenoxy) is 1. The van der Waals surface area contributed by atoms with Gasteiger partial charge >= 0.3 is 18.1 Å². The SMILES string of the molecule is CCOC(=O)CC(C(F)(F)F)S(=O)(=O)NCC(=O)O. The van der Waals surface area contributed by atoms with E-state index in [2.05, 4.69) is 4.74 Å². The zero-order valence-electron chi connectivity index (χ0n) is 9.73. The van der Waals surface area contributed by atoms with Gasteiger partial charge in [-0.3, -0.25) is 9.59 Å². The molecular weight excluding hydrogens is 295 g/mol. The first-order valence-corrected chi connectivity index (χ1v) is 6.48. The maximum atomic E-state index is 12.6. The fraction of sp³-hybridized carbons (Fsp3) is 0.750. The number of carbonyl (C=O) groups is 2. The predicted octanol–water partition coefficient (Wildman–Crippen LogP) is -0.126. The second-order valence-corrected chi connectivity index (χ2v) is 5.25. The number of carboxylic acid groups (broad SMARTS) is 1. The molecule has 0 spiro atoms. The van der Waals surface area contributed by atoms with Crippen molar-refractivity contribution < 1.29 is 41.0 Å². The van der Waals surface area contributed by atoms with Crippen molar-refractivity contribution in [3.05, 3.63) is 0 Å². The van der Waals surface area contributed by atoms with Crippen LogP contribution in [0.15, 0.2) is 0 Å². The molecule has 0 aliphatic rings. The highest BCUT2D eigenvalue weighted by atomic mass is 32.2. The summed E-state index contributed by atoms with van der Waals surface area (Å²) in [6, 6.07) is 0. The van der Waals surface area contributed by atoms with Crippen molar-refractivity contribution >= 4 is 22.0 Å². The predicted molar refractivity (Wildman–Crippen MR) is 55.7 cm³/mol. The molecule has 0 aromatic carbocycles. The molecule has 7 nitrogen and oxygen atoms in total. The third kappa shape index (κ3) is 6.38. The van der Waals surface area contributed by atoms with Crippen molar-refractivity contribution in [3.63, 3.8) is 0 Å². The Morgan fingerprint density at radius 2 is 1.89 bits per heavy atom. The minimum absolute atomic E-state index is 0.202. The second kappa shape index (κ2) is 6.70. The van der Waals surface area contributed by atoms with Crippen LogP contribution in [0.1, 0.15) is 13.3 Å². The quantitative estimate of drug-likeness (QED) is 0.634. The van der Waals surface area contributed by atoms with E-state index in [0.717, 1.165) is 0 Å². The van der Waals surface area contributed by atoms with Crippen molar-refractivity contribution in [1.29, 1.82) is 0 Å². The molecule has 2 N–H and O–H groups in total. The van der Waals surface area contributed by atoms with Crippen LogP contribution in [-0.4, -0.2) is 50.0 Å². The molecule has 0 aliphatic heterocycles. The molecule has 0 heterocycles. The zero-order valence-corrected chi connectivity index (χ0v) is 10.5. The number of sulfonamides is 1. The minimum Gasteiger partial charge on any atom is -0.480 e. The Labute approximate surface area is 106 Å². The first-order valence-electron chi connectivity index (χ1n) is 4.93. The van der Waals surface area contributed by atoms with Gasteiger partial charge < -0.3 is 9.84 Å². The monoisotopic (exact) mass is 307 g/mol. The number of nitrogens with one attached hydrogen (secondary N) is 1. The van der Waals surface area contributed by atoms with E-state index >= 15 is 0 Å². The third-order valence-corrected chi connectivity index (χ3v) is 3.55. The fourth-order valence-electron chi connectivity index (χ4n) is 1.04. The number of carboxylic acids is 1. The molecule has 1 atom stereocenters. The van der Waals surface area contributed by atoms with Gasteiger partial charge in [-0.15, -0.1) is 0 Å². The molecule has 19 heavy (non-hydrogen) atoms. The van der Waals surface area contributed by atoms with E-state index in [1.165, 1.54) is 11.6 Å². The summed E-state index contributed by atoms with van der Waals surface area (Å²) in [5.41, 5.74) is 0. The van der Waals surface area contributed by atoms with Gasteiger partial charge in [0.25, 0.3) is 0 Å². The number of hydrogen-bond acceptors (Lipinski definition) is 5. The van der Waals surface area contributed by atoms with Crippen LogP contribution in [0.2, 0.25) is 0 Å². The summed E-state index contributed by atoms with van der Waals surface area (Å²) in [7, 11) is -5.05. The van der Waals surface area contributed by atoms with Gasteiger partial charge in [-0.05, 0) is 6.92 Å². The Kier molecular flexibility index (Phi) is 6.22. The smallest absolute Gasteiger partial charge is 0.407 e. The molecule has 0 fully saturated rings. The van der Waals surface area contributed by atoms with Gasteiger partial charge in [-0.1, -0.05) is 0 Å². The lowest BCUT2D eigenvalue weighted by atomic mass is 10.3. The van der Waals surface area contributed by atoms with Crippen LogP contribution in [0.5, 0.6) is 0 Å². The van der Waals surface area contributed by atoms with E-state index in [4.69, 9.17) is 5.11 Å². The summed E-state index contributed by atoms with van der Waals surface area (Å²) in [6.45, 7) is -0.0680. The molecule has 0 saturated heterocycles. The third-order valence-electron chi connectivity index (χ3n) is 1.82. The van der Waals surface area contributed by atoms with Crippen LogP contribution in [0, 0.1) is 0 Å². The van der Waals surface area contributed by atoms with Crippen LogP contribution in [-0.2, 0) is 24.3 Å². The molecule has 0 aliphatic carbocycles. The maximum absolute atomic E-state index is 12.6. The number of hydrogen-bond donors (Lipinski definition) is 2. The van der Waals surface area contributed by atoms with Gasteiger partial charge in [-0.2, -0.15) is 13.2 Å². The number of alkyl halides is 3. The lowest BCUT2D eigenvalue weighted by molar-refractivity contribution is -0.155. The second-order valence-electron chi connectivity index (χ2n) is 3.30. The molecule has 1 unspecified atom stereocenters. The van der Waals surface area contributed by atoms with E-state index in [-0.39, 0.29) is 6.61 Å². The van der Waals surface area contributed by atoms with Crippen LogP contribution >= 0.6 is 0 Å². The van der Waals surface area contributed by atoms with Gasteiger partial charge in [0, 0.05) is 0 Å². The highest BCUT2D eigenvalue weighted by Gasteiger charge is 2.50. The van der Waals surface area contributed by atoms with Crippen molar-refractivity contribution in [2.24, 2.45) is 0 Å². The van der Waals surface area contributed by atoms with Gasteiger partial charge in [0.05, 0.1) is 13.0 Å². The Balaban J connectivity index is 5.04. The first-order chi connectivity index (χ1) is 8.50. The molecule has 0 radical (unpaired) electrons. The average molecular weight is 307 g/mol. The molecule has 0 aromatic rings. The summed E-state index contributed by atoms with van der Waals surface area (Å²) < 4.78 is 65.8. The van der Waals surface area contributed by atoms with Crippen molar-refractivity contribution in [2.75, 3.05) is 13.2 Å². The molecule has 0 rings (SSSR count). The fourth-order valence-corrected chi connectivity index (χ4v) is 2.27. The number of rotatable bonds is 7. The number of aliphatic carboxylic acids is 1. The molecule has 0 saturated carbocycles. The van der Waals surface area contributed by atoms with Gasteiger partial charge in [0.15, 0.2) is 5.25 Å². The summed E-state index contributed by atoms with van der Waals surface area (Å²) in [6.07, 6.45) is -6.66. The maximum Gasteiger partial charge on any atom is 0.407 e. The molecule has 112 valence electrons. The average Bonchev–Trinajstić information content (AvgIpc) is 2.22. The van der Waals surface area contributed by atoms with E-state index < -0.39 is 46.4 Å². The molecular formula is C8H12F3NO6S. The largest absolute Gasteiger partial charge is 0.480 e. The van der Waals surface area contributed by atoms with Gasteiger partial charge in [0.2, 0.25) is 10.0 Å². The van der Waals surface area contributed by atoms with Gasteiger partial charge in [0.1, 0.15) is 6.54 Å². The molecule has 0 bridgehead atoms. The van der Waals surface area contributed by atoms with Crippen LogP contribution in [0.25, 0.3) is 0 Å². The van der Waals surface area contributed by atoms with E-state index in [1.807, 2.05) is 0 Å². The highest BCUT2D eigenvalue weighted by Crippen LogP contribution is 2.28. The molecule has 0 amide bonds.